The fraction of sp³-hybridized carbons (Fsp3) is 0. The number of hydrogen-bond donors (Lipinski definition) is 1. The van der Waals surface area contributed by atoms with Crippen molar-refractivity contribution in [1.82, 2.24) is 10.1 Å². The van der Waals surface area contributed by atoms with Gasteiger partial charge in [0.1, 0.15) is 0 Å². The third-order valence-corrected chi connectivity index (χ3v) is 3.92. The van der Waals surface area contributed by atoms with Gasteiger partial charge in [0.05, 0.1) is 20.6 Å². The first-order valence-electron chi connectivity index (χ1n) is 5.90. The normalized spacial score (nSPS) is 10.8. The second kappa shape index (κ2) is 5.56. The number of nitrogens with two attached hydrogens (primary N) is 1. The highest BCUT2D eigenvalue weighted by Crippen LogP contribution is 2.34. The van der Waals surface area contributed by atoms with E-state index in [1.54, 1.807) is 36.4 Å². The summed E-state index contributed by atoms with van der Waals surface area (Å²) < 4.78 is 5.24. The van der Waals surface area contributed by atoms with Crippen molar-refractivity contribution in [2.24, 2.45) is 0 Å². The molecule has 0 saturated heterocycles. The molecule has 2 aromatic carbocycles. The van der Waals surface area contributed by atoms with Crippen molar-refractivity contribution in [3.05, 3.63) is 51.5 Å². The molecule has 2 N–H and O–H groups in total. The van der Waals surface area contributed by atoms with Crippen molar-refractivity contribution < 1.29 is 4.52 Å². The first-order chi connectivity index (χ1) is 10.1. The van der Waals surface area contributed by atoms with E-state index in [9.17, 15) is 0 Å². The molecule has 3 aromatic rings. The van der Waals surface area contributed by atoms with Crippen LogP contribution in [0, 0.1) is 0 Å². The Hall–Kier alpha value is -1.75. The highest BCUT2D eigenvalue weighted by atomic mass is 35.5. The number of anilines is 1. The minimum atomic E-state index is 0.249. The van der Waals surface area contributed by atoms with Gasteiger partial charge in [-0.25, -0.2) is 0 Å². The lowest BCUT2D eigenvalue weighted by Gasteiger charge is -2.02. The molecule has 0 aliphatic carbocycles. The first-order valence-corrected chi connectivity index (χ1v) is 7.03. The Morgan fingerprint density at radius 1 is 0.952 bits per heavy atom. The van der Waals surface area contributed by atoms with Crippen LogP contribution >= 0.6 is 34.8 Å². The number of nitrogen functional groups attached to an aromatic ring is 1. The van der Waals surface area contributed by atoms with Crippen molar-refractivity contribution >= 4 is 40.5 Å². The van der Waals surface area contributed by atoms with E-state index in [4.69, 9.17) is 45.1 Å². The van der Waals surface area contributed by atoms with Crippen molar-refractivity contribution in [3.8, 4) is 22.8 Å². The number of benzene rings is 2. The molecule has 7 heteroatoms. The van der Waals surface area contributed by atoms with E-state index in [0.717, 1.165) is 0 Å². The van der Waals surface area contributed by atoms with Crippen LogP contribution in [0.25, 0.3) is 22.8 Å². The molecule has 1 aromatic heterocycles. The number of rotatable bonds is 2. The summed E-state index contributed by atoms with van der Waals surface area (Å²) in [5.74, 6) is 0.627. The Morgan fingerprint density at radius 3 is 2.48 bits per heavy atom. The first kappa shape index (κ1) is 14.2. The molecular formula is C14H8Cl3N3O. The predicted octanol–water partition coefficient (Wildman–Crippen LogP) is 4.95. The van der Waals surface area contributed by atoms with E-state index in [2.05, 4.69) is 10.1 Å². The SMILES string of the molecule is Nc1cccc(Cl)c1-c1nc(-c2ccc(Cl)c(Cl)c2)no1. The fourth-order valence-corrected chi connectivity index (χ4v) is 2.40. The lowest BCUT2D eigenvalue weighted by molar-refractivity contribution is 0.432. The van der Waals surface area contributed by atoms with Gasteiger partial charge in [-0.05, 0) is 30.3 Å². The lowest BCUT2D eigenvalue weighted by atomic mass is 10.2. The second-order valence-corrected chi connectivity index (χ2v) is 5.48. The van der Waals surface area contributed by atoms with E-state index >= 15 is 0 Å². The Balaban J connectivity index is 2.06. The molecule has 0 fully saturated rings. The zero-order valence-electron chi connectivity index (χ0n) is 10.5. The van der Waals surface area contributed by atoms with Crippen LogP contribution < -0.4 is 5.73 Å². The van der Waals surface area contributed by atoms with Gasteiger partial charge in [0.15, 0.2) is 0 Å². The van der Waals surface area contributed by atoms with Crippen LogP contribution in [0.1, 0.15) is 0 Å². The standard InChI is InChI=1S/C14H8Cl3N3O/c15-8-5-4-7(6-10(8)17)13-19-14(21-20-13)12-9(16)2-1-3-11(12)18/h1-6H,18H2. The quantitative estimate of drug-likeness (QED) is 0.671. The summed E-state index contributed by atoms with van der Waals surface area (Å²) in [6.07, 6.45) is 0. The Morgan fingerprint density at radius 2 is 1.76 bits per heavy atom. The van der Waals surface area contributed by atoms with Gasteiger partial charge in [-0.1, -0.05) is 46.0 Å². The molecule has 1 heterocycles. The average molecular weight is 341 g/mol. The Kier molecular flexibility index (Phi) is 3.76. The van der Waals surface area contributed by atoms with Crippen molar-refractivity contribution in [3.63, 3.8) is 0 Å². The van der Waals surface area contributed by atoms with Crippen LogP contribution in [-0.4, -0.2) is 10.1 Å². The van der Waals surface area contributed by atoms with Gasteiger partial charge in [0.25, 0.3) is 5.89 Å². The monoisotopic (exact) mass is 339 g/mol. The smallest absolute Gasteiger partial charge is 0.261 e. The molecule has 3 rings (SSSR count). The minimum Gasteiger partial charge on any atom is -0.398 e. The van der Waals surface area contributed by atoms with Crippen LogP contribution in [0.5, 0.6) is 0 Å². The zero-order chi connectivity index (χ0) is 15.0. The number of hydrogen-bond acceptors (Lipinski definition) is 4. The number of nitrogens with zero attached hydrogens (tertiary/aromatic N) is 2. The lowest BCUT2D eigenvalue weighted by Crippen LogP contribution is -1.91. The van der Waals surface area contributed by atoms with Crippen LogP contribution in [0.15, 0.2) is 40.9 Å². The van der Waals surface area contributed by atoms with Crippen LogP contribution in [-0.2, 0) is 0 Å². The summed E-state index contributed by atoms with van der Waals surface area (Å²) in [4.78, 5) is 4.30. The van der Waals surface area contributed by atoms with Crippen molar-refractivity contribution in [2.45, 2.75) is 0 Å². The highest BCUT2D eigenvalue weighted by molar-refractivity contribution is 6.42. The molecule has 0 spiro atoms. The van der Waals surface area contributed by atoms with Gasteiger partial charge in [0, 0.05) is 11.3 Å². The van der Waals surface area contributed by atoms with E-state index in [1.807, 2.05) is 0 Å². The topological polar surface area (TPSA) is 64.9 Å². The van der Waals surface area contributed by atoms with E-state index in [-0.39, 0.29) is 5.89 Å². The predicted molar refractivity (Wildman–Crippen MR) is 84.6 cm³/mol. The molecule has 0 amide bonds. The molecule has 4 nitrogen and oxygen atoms in total. The van der Waals surface area contributed by atoms with Gasteiger partial charge < -0.3 is 10.3 Å². The Bertz CT molecular complexity index is 797. The fourth-order valence-electron chi connectivity index (χ4n) is 1.84. The molecule has 0 radical (unpaired) electrons. The summed E-state index contributed by atoms with van der Waals surface area (Å²) in [6, 6.07) is 10.2. The third-order valence-electron chi connectivity index (χ3n) is 2.86. The van der Waals surface area contributed by atoms with Crippen LogP contribution in [0.2, 0.25) is 15.1 Å². The molecule has 0 saturated carbocycles. The van der Waals surface area contributed by atoms with E-state index < -0.39 is 0 Å². The second-order valence-electron chi connectivity index (χ2n) is 4.26. The zero-order valence-corrected chi connectivity index (χ0v) is 12.7. The van der Waals surface area contributed by atoms with Crippen LogP contribution in [0.3, 0.4) is 0 Å². The van der Waals surface area contributed by atoms with Crippen molar-refractivity contribution in [2.75, 3.05) is 5.73 Å². The maximum absolute atomic E-state index is 6.12. The minimum absolute atomic E-state index is 0.249. The molecule has 0 aliphatic rings. The van der Waals surface area contributed by atoms with E-state index in [0.29, 0.717) is 37.7 Å². The molecule has 0 aliphatic heterocycles. The molecule has 0 atom stereocenters. The maximum Gasteiger partial charge on any atom is 0.261 e. The van der Waals surface area contributed by atoms with Gasteiger partial charge in [-0.2, -0.15) is 4.98 Å². The van der Waals surface area contributed by atoms with E-state index in [1.165, 1.54) is 0 Å². The van der Waals surface area contributed by atoms with Gasteiger partial charge in [-0.3, -0.25) is 0 Å². The molecule has 106 valence electrons. The van der Waals surface area contributed by atoms with Crippen molar-refractivity contribution in [1.29, 1.82) is 0 Å². The summed E-state index contributed by atoms with van der Waals surface area (Å²) >= 11 is 18.0. The average Bonchev–Trinajstić information content (AvgIpc) is 2.91. The molecule has 0 unspecified atom stereocenters. The van der Waals surface area contributed by atoms with Gasteiger partial charge >= 0.3 is 0 Å². The number of aromatic nitrogens is 2. The van der Waals surface area contributed by atoms with Gasteiger partial charge in [-0.15, -0.1) is 0 Å². The highest BCUT2D eigenvalue weighted by Gasteiger charge is 2.16. The maximum atomic E-state index is 6.12. The Labute approximate surface area is 135 Å². The molecular weight excluding hydrogens is 333 g/mol. The van der Waals surface area contributed by atoms with Crippen LogP contribution in [0.4, 0.5) is 5.69 Å². The number of halogens is 3. The summed E-state index contributed by atoms with van der Waals surface area (Å²) in [6.45, 7) is 0. The third kappa shape index (κ3) is 2.70. The molecule has 0 bridgehead atoms. The summed E-state index contributed by atoms with van der Waals surface area (Å²) in [5.41, 5.74) is 7.56. The van der Waals surface area contributed by atoms with Gasteiger partial charge in [0.2, 0.25) is 5.82 Å². The largest absolute Gasteiger partial charge is 0.398 e. The summed E-state index contributed by atoms with van der Waals surface area (Å²) in [7, 11) is 0. The summed E-state index contributed by atoms with van der Waals surface area (Å²) in [5, 5.41) is 5.23. The molecule has 21 heavy (non-hydrogen) atoms.